The van der Waals surface area contributed by atoms with Crippen LogP contribution in [0.5, 0.6) is 5.75 Å². The van der Waals surface area contributed by atoms with Crippen molar-refractivity contribution in [3.63, 3.8) is 0 Å². The van der Waals surface area contributed by atoms with Crippen LogP contribution in [0.3, 0.4) is 0 Å². The van der Waals surface area contributed by atoms with E-state index in [0.29, 0.717) is 16.5 Å². The van der Waals surface area contributed by atoms with Crippen molar-refractivity contribution in [2.24, 2.45) is 15.5 Å². The average molecular weight is 540 g/mol. The predicted octanol–water partition coefficient (Wildman–Crippen LogP) is -0.316. The van der Waals surface area contributed by atoms with Gasteiger partial charge in [-0.15, -0.1) is 11.2 Å². The van der Waals surface area contributed by atoms with Gasteiger partial charge in [0.1, 0.15) is 5.75 Å². The van der Waals surface area contributed by atoms with Gasteiger partial charge in [0.15, 0.2) is 5.43 Å². The van der Waals surface area contributed by atoms with Crippen molar-refractivity contribution >= 4 is 37.4 Å². The van der Waals surface area contributed by atoms with E-state index in [0.717, 1.165) is 0 Å². The molecule has 188 valence electrons. The van der Waals surface area contributed by atoms with E-state index in [4.69, 9.17) is 27.1 Å². The van der Waals surface area contributed by atoms with Crippen LogP contribution >= 0.6 is 0 Å². The van der Waals surface area contributed by atoms with Crippen LogP contribution in [-0.2, 0) is 20.7 Å². The second-order valence-corrected chi connectivity index (χ2v) is 8.13. The van der Waals surface area contributed by atoms with Crippen molar-refractivity contribution in [2.45, 2.75) is 14.9 Å². The Morgan fingerprint density at radius 3 is 2.29 bits per heavy atom. The molecule has 3 rings (SSSR count). The molecule has 0 fully saturated rings. The summed E-state index contributed by atoms with van der Waals surface area (Å²) < 4.78 is 65.3. The van der Waals surface area contributed by atoms with Crippen molar-refractivity contribution < 1.29 is 64.1 Å². The summed E-state index contributed by atoms with van der Waals surface area (Å²) >= 11 is 0. The van der Waals surface area contributed by atoms with Crippen LogP contribution in [0.4, 0.5) is 5.69 Å². The van der Waals surface area contributed by atoms with E-state index in [1.165, 1.54) is 29.5 Å². The minimum atomic E-state index is -4.92. The summed E-state index contributed by atoms with van der Waals surface area (Å²) in [6, 6.07) is 11.8. The molecule has 0 unspecified atom stereocenters. The SMILES string of the molecule is C.C.CN(C)N=Nc1cc(OS(N)(=O)=O)ccc1-c1coc2c[c-]ccc2c1=O.O=S(=O)([O-])O.[Na+]. The molecule has 0 amide bonds. The number of hydrogen-bond acceptors (Lipinski definition) is 10. The summed E-state index contributed by atoms with van der Waals surface area (Å²) in [5.41, 5.74) is 0.969. The summed E-state index contributed by atoms with van der Waals surface area (Å²) in [6.45, 7) is 0. The van der Waals surface area contributed by atoms with Crippen LogP contribution in [0.1, 0.15) is 14.9 Å². The number of benzene rings is 2. The molecule has 0 bridgehead atoms. The number of rotatable bonds is 5. The molecular formula is C19H24N4NaO9S2-. The van der Waals surface area contributed by atoms with E-state index in [9.17, 15) is 13.2 Å². The van der Waals surface area contributed by atoms with Crippen LogP contribution in [0.15, 0.2) is 62.2 Å². The third kappa shape index (κ3) is 11.7. The Bertz CT molecular complexity index is 1420. The third-order valence-electron chi connectivity index (χ3n) is 3.42. The van der Waals surface area contributed by atoms with E-state index in [-0.39, 0.29) is 66.8 Å². The van der Waals surface area contributed by atoms with E-state index in [1.54, 1.807) is 32.3 Å². The van der Waals surface area contributed by atoms with Gasteiger partial charge in [0.2, 0.25) is 10.4 Å². The molecule has 1 heterocycles. The van der Waals surface area contributed by atoms with Gasteiger partial charge in [-0.3, -0.25) is 14.4 Å². The molecule has 0 aliphatic carbocycles. The van der Waals surface area contributed by atoms with Gasteiger partial charge in [-0.2, -0.15) is 31.8 Å². The molecule has 3 aromatic rings. The topological polar surface area (TPSA) is 205 Å². The zero-order valence-corrected chi connectivity index (χ0v) is 21.1. The first kappa shape index (κ1) is 34.8. The summed E-state index contributed by atoms with van der Waals surface area (Å²) in [5, 5.41) is 14.7. The van der Waals surface area contributed by atoms with Crippen molar-refractivity contribution in [1.29, 1.82) is 0 Å². The second kappa shape index (κ2) is 14.3. The Kier molecular flexibility index (Phi) is 14.2. The molecule has 1 aromatic heterocycles. The number of nitrogens with two attached hydrogens (primary N) is 1. The standard InChI is InChI=1S/C17H15N4O5S.2CH4.Na.H2O4S/c1-21(2)20-19-15-9-11(26-27(18,23)24)7-8-12(15)14-10-25-16-6-4-3-5-13(16)17(14)22;;;;1-5(2,3)4/h3,5-10H,1-2H3,(H2,18,23,24);2*1H4;;(H2,1,2,3,4)/q-1;;;+1;/p-1. The molecule has 0 radical (unpaired) electrons. The van der Waals surface area contributed by atoms with Crippen molar-refractivity contribution in [3.05, 3.63) is 59.0 Å². The molecule has 0 atom stereocenters. The van der Waals surface area contributed by atoms with Crippen LogP contribution in [0.25, 0.3) is 22.1 Å². The molecule has 0 saturated heterocycles. The fourth-order valence-corrected chi connectivity index (χ4v) is 2.72. The molecule has 0 spiro atoms. The first-order chi connectivity index (χ1) is 14.7. The Balaban J connectivity index is 0. The molecule has 0 saturated carbocycles. The molecule has 35 heavy (non-hydrogen) atoms. The Morgan fingerprint density at radius 1 is 1.14 bits per heavy atom. The van der Waals surface area contributed by atoms with Gasteiger partial charge in [0.05, 0.1) is 17.5 Å². The zero-order chi connectivity index (χ0) is 24.1. The summed E-state index contributed by atoms with van der Waals surface area (Å²) in [7, 11) is -5.80. The average Bonchev–Trinajstić information content (AvgIpc) is 2.65. The van der Waals surface area contributed by atoms with Crippen molar-refractivity contribution in [2.75, 3.05) is 14.1 Å². The third-order valence-corrected chi connectivity index (χ3v) is 3.85. The molecule has 0 aliphatic heterocycles. The molecule has 3 N–H and O–H groups in total. The monoisotopic (exact) mass is 539 g/mol. The quantitative estimate of drug-likeness (QED) is 0.108. The van der Waals surface area contributed by atoms with Gasteiger partial charge >= 0.3 is 39.9 Å². The minimum absolute atomic E-state index is 0. The maximum Gasteiger partial charge on any atom is 1.00 e. The first-order valence-electron chi connectivity index (χ1n) is 8.30. The van der Waals surface area contributed by atoms with E-state index in [1.807, 2.05) is 0 Å². The fourth-order valence-electron chi connectivity index (χ4n) is 2.35. The smallest absolute Gasteiger partial charge is 0.726 e. The Morgan fingerprint density at radius 2 is 1.74 bits per heavy atom. The summed E-state index contributed by atoms with van der Waals surface area (Å²) in [5.74, 6) is -0.0614. The number of hydrogen-bond donors (Lipinski definition) is 2. The van der Waals surface area contributed by atoms with Gasteiger partial charge in [-0.1, -0.05) is 20.1 Å². The van der Waals surface area contributed by atoms with E-state index >= 15 is 0 Å². The summed E-state index contributed by atoms with van der Waals surface area (Å²) in [4.78, 5) is 12.8. The van der Waals surface area contributed by atoms with Gasteiger partial charge in [0.25, 0.3) is 0 Å². The molecular weight excluding hydrogens is 515 g/mol. The Labute approximate surface area is 225 Å². The van der Waals surface area contributed by atoms with Crippen molar-refractivity contribution in [3.8, 4) is 16.9 Å². The fraction of sp³-hybridized carbons (Fsp3) is 0.211. The minimum Gasteiger partial charge on any atom is -0.726 e. The van der Waals surface area contributed by atoms with Gasteiger partial charge < -0.3 is 13.2 Å². The number of nitrogens with zero attached hydrogens (tertiary/aromatic N) is 3. The molecule has 13 nitrogen and oxygen atoms in total. The molecule has 0 aliphatic rings. The molecule has 2 aromatic carbocycles. The van der Waals surface area contributed by atoms with E-state index in [2.05, 4.69) is 20.6 Å². The number of fused-ring (bicyclic) bond motifs is 1. The van der Waals surface area contributed by atoms with E-state index < -0.39 is 20.7 Å². The van der Waals surface area contributed by atoms with Crippen molar-refractivity contribution in [1.82, 2.24) is 5.01 Å². The van der Waals surface area contributed by atoms with Crippen LogP contribution in [0, 0.1) is 6.07 Å². The maximum absolute atomic E-state index is 12.8. The zero-order valence-electron chi connectivity index (χ0n) is 17.5. The predicted molar refractivity (Wildman–Crippen MR) is 124 cm³/mol. The molecule has 16 heteroatoms. The van der Waals surface area contributed by atoms with Gasteiger partial charge in [-0.25, -0.2) is 8.42 Å². The Hall–Kier alpha value is -2.37. The first-order valence-corrected chi connectivity index (χ1v) is 11.1. The maximum atomic E-state index is 12.8. The normalized spacial score (nSPS) is 10.8. The summed E-state index contributed by atoms with van der Waals surface area (Å²) in [6.07, 6.45) is 1.31. The van der Waals surface area contributed by atoms with Crippen LogP contribution in [-0.4, -0.2) is 45.0 Å². The van der Waals surface area contributed by atoms with Crippen LogP contribution < -0.4 is 44.3 Å². The second-order valence-electron chi connectivity index (χ2n) is 6.12. The van der Waals surface area contributed by atoms with Gasteiger partial charge in [-0.05, 0) is 17.5 Å². The van der Waals surface area contributed by atoms with Gasteiger partial charge in [0, 0.05) is 31.3 Å². The van der Waals surface area contributed by atoms with Crippen LogP contribution in [0.2, 0.25) is 0 Å². The largest absolute Gasteiger partial charge is 1.00 e.